The first kappa shape index (κ1) is 18.5. The summed E-state index contributed by atoms with van der Waals surface area (Å²) < 4.78 is 2.09. The molecule has 1 aliphatic heterocycles. The predicted octanol–water partition coefficient (Wildman–Crippen LogP) is 2.28. The Labute approximate surface area is 167 Å². The van der Waals surface area contributed by atoms with Gasteiger partial charge in [0, 0.05) is 35.8 Å². The molecule has 0 radical (unpaired) electrons. The molecule has 0 unspecified atom stereocenters. The number of urea groups is 1. The molecule has 146 valence electrons. The van der Waals surface area contributed by atoms with Gasteiger partial charge in [-0.3, -0.25) is 9.20 Å². The lowest BCUT2D eigenvalue weighted by Gasteiger charge is -2.41. The lowest BCUT2D eigenvalue weighted by molar-refractivity contribution is -0.131. The quantitative estimate of drug-likeness (QED) is 0.707. The fraction of sp³-hybridized carbons (Fsp3) is 0.350. The van der Waals surface area contributed by atoms with Crippen molar-refractivity contribution in [2.75, 3.05) is 19.6 Å². The zero-order valence-electron chi connectivity index (χ0n) is 15.7. The molecule has 0 aliphatic carbocycles. The van der Waals surface area contributed by atoms with Crippen LogP contribution < -0.4 is 11.1 Å². The number of likely N-dealkylation sites (tertiary alicyclic amines) is 1. The van der Waals surface area contributed by atoms with Crippen LogP contribution >= 0.6 is 11.3 Å². The molecule has 28 heavy (non-hydrogen) atoms. The number of thiazole rings is 1. The molecule has 1 fully saturated rings. The number of amides is 3. The monoisotopic (exact) mass is 397 g/mol. The van der Waals surface area contributed by atoms with E-state index < -0.39 is 6.03 Å². The first-order valence-corrected chi connectivity index (χ1v) is 10.1. The van der Waals surface area contributed by atoms with Crippen LogP contribution in [0.4, 0.5) is 4.79 Å². The van der Waals surface area contributed by atoms with Crippen molar-refractivity contribution in [1.29, 1.82) is 0 Å². The number of rotatable bonds is 4. The van der Waals surface area contributed by atoms with E-state index in [1.165, 1.54) is 10.4 Å². The number of aromatic nitrogens is 2. The minimum Gasteiger partial charge on any atom is -0.352 e. The highest BCUT2D eigenvalue weighted by Gasteiger charge is 2.41. The molecule has 4 rings (SSSR count). The van der Waals surface area contributed by atoms with Gasteiger partial charge in [-0.25, -0.2) is 9.78 Å². The summed E-state index contributed by atoms with van der Waals surface area (Å²) in [6, 6.07) is 9.72. The normalized spacial score (nSPS) is 16.2. The first-order chi connectivity index (χ1) is 13.5. The second-order valence-electron chi connectivity index (χ2n) is 7.20. The Morgan fingerprint density at radius 3 is 2.57 bits per heavy atom. The summed E-state index contributed by atoms with van der Waals surface area (Å²) in [5, 5.41) is 2.38. The number of hydrogen-bond donors (Lipinski definition) is 2. The van der Waals surface area contributed by atoms with Crippen molar-refractivity contribution in [2.24, 2.45) is 5.73 Å². The largest absolute Gasteiger partial charge is 0.352 e. The number of primary amides is 1. The maximum absolute atomic E-state index is 12.4. The van der Waals surface area contributed by atoms with E-state index in [1.54, 1.807) is 16.2 Å². The highest BCUT2D eigenvalue weighted by molar-refractivity contribution is 7.16. The molecule has 1 aromatic carbocycles. The van der Waals surface area contributed by atoms with Gasteiger partial charge in [-0.1, -0.05) is 30.3 Å². The van der Waals surface area contributed by atoms with Crippen LogP contribution in [0, 0.1) is 6.92 Å². The van der Waals surface area contributed by atoms with Crippen molar-refractivity contribution in [2.45, 2.75) is 25.2 Å². The summed E-state index contributed by atoms with van der Waals surface area (Å²) in [6.07, 6.45) is 5.79. The molecule has 0 atom stereocenters. The molecular formula is C20H23N5O2S. The third-order valence-electron chi connectivity index (χ3n) is 5.47. The fourth-order valence-electron chi connectivity index (χ4n) is 4.00. The van der Waals surface area contributed by atoms with Gasteiger partial charge in [0.25, 0.3) is 0 Å². The van der Waals surface area contributed by atoms with Gasteiger partial charge >= 0.3 is 6.03 Å². The summed E-state index contributed by atoms with van der Waals surface area (Å²) in [5.74, 6) is -0.109. The molecule has 3 heterocycles. The maximum Gasteiger partial charge on any atom is 0.312 e. The van der Waals surface area contributed by atoms with E-state index in [0.29, 0.717) is 13.1 Å². The predicted molar refractivity (Wildman–Crippen MR) is 108 cm³/mol. The Morgan fingerprint density at radius 1 is 1.21 bits per heavy atom. The van der Waals surface area contributed by atoms with Crippen molar-refractivity contribution < 1.29 is 9.59 Å². The number of fused-ring (bicyclic) bond motifs is 1. The van der Waals surface area contributed by atoms with Gasteiger partial charge in [0.1, 0.15) is 0 Å². The number of nitrogens with zero attached hydrogens (tertiary/aromatic N) is 3. The van der Waals surface area contributed by atoms with Crippen molar-refractivity contribution in [1.82, 2.24) is 19.6 Å². The second kappa shape index (κ2) is 7.27. The van der Waals surface area contributed by atoms with Crippen LogP contribution in [-0.4, -0.2) is 45.9 Å². The molecule has 8 heteroatoms. The van der Waals surface area contributed by atoms with Crippen LogP contribution in [0.15, 0.2) is 42.7 Å². The maximum atomic E-state index is 12.4. The van der Waals surface area contributed by atoms with Gasteiger partial charge < -0.3 is 16.0 Å². The van der Waals surface area contributed by atoms with Crippen molar-refractivity contribution in [3.05, 3.63) is 58.9 Å². The minimum absolute atomic E-state index is 0.0623. The van der Waals surface area contributed by atoms with E-state index >= 15 is 0 Å². The summed E-state index contributed by atoms with van der Waals surface area (Å²) >= 11 is 1.68. The van der Waals surface area contributed by atoms with Gasteiger partial charge in [0.05, 0.1) is 12.2 Å². The molecule has 2 aromatic heterocycles. The summed E-state index contributed by atoms with van der Waals surface area (Å²) in [4.78, 5) is 32.2. The van der Waals surface area contributed by atoms with Crippen molar-refractivity contribution in [3.8, 4) is 0 Å². The number of nitrogens with one attached hydrogen (secondary N) is 1. The third kappa shape index (κ3) is 3.35. The molecular weight excluding hydrogens is 374 g/mol. The van der Waals surface area contributed by atoms with Crippen molar-refractivity contribution >= 4 is 28.2 Å². The van der Waals surface area contributed by atoms with E-state index in [1.807, 2.05) is 18.2 Å². The van der Waals surface area contributed by atoms with Gasteiger partial charge in [0.2, 0.25) is 5.91 Å². The third-order valence-corrected chi connectivity index (χ3v) is 6.38. The van der Waals surface area contributed by atoms with Crippen LogP contribution in [-0.2, 0) is 10.2 Å². The van der Waals surface area contributed by atoms with Crippen LogP contribution in [0.25, 0.3) is 4.96 Å². The lowest BCUT2D eigenvalue weighted by atomic mass is 9.70. The molecule has 3 aromatic rings. The highest BCUT2D eigenvalue weighted by Crippen LogP contribution is 2.41. The number of carbonyl (C=O) groups is 2. The van der Waals surface area contributed by atoms with Crippen LogP contribution in [0.2, 0.25) is 0 Å². The molecule has 7 nitrogen and oxygen atoms in total. The average Bonchev–Trinajstić information content (AvgIpc) is 3.24. The molecule has 1 saturated heterocycles. The van der Waals surface area contributed by atoms with Gasteiger partial charge in [-0.05, 0) is 25.3 Å². The topological polar surface area (TPSA) is 92.7 Å². The van der Waals surface area contributed by atoms with Gasteiger partial charge in [-0.2, -0.15) is 0 Å². The number of aryl methyl sites for hydroxylation is 1. The number of benzene rings is 1. The molecule has 1 aliphatic rings. The Morgan fingerprint density at radius 2 is 1.93 bits per heavy atom. The second-order valence-corrected chi connectivity index (χ2v) is 8.42. The smallest absolute Gasteiger partial charge is 0.312 e. The minimum atomic E-state index is -0.683. The van der Waals surface area contributed by atoms with E-state index in [-0.39, 0.29) is 17.9 Å². The molecule has 0 spiro atoms. The molecule has 3 N–H and O–H groups in total. The first-order valence-electron chi connectivity index (χ1n) is 9.30. The number of piperidine rings is 1. The SMILES string of the molecule is Cc1cn2cc(C3(c4ccccc4)CCN(C(=O)CNC(N)=O)CC3)nc2s1. The lowest BCUT2D eigenvalue weighted by Crippen LogP contribution is -2.49. The highest BCUT2D eigenvalue weighted by atomic mass is 32.1. The number of hydrogen-bond acceptors (Lipinski definition) is 4. The number of carbonyl (C=O) groups excluding carboxylic acids is 2. The van der Waals surface area contributed by atoms with Crippen LogP contribution in [0.5, 0.6) is 0 Å². The van der Waals surface area contributed by atoms with Gasteiger partial charge in [0.15, 0.2) is 4.96 Å². The molecule has 3 amide bonds. The molecule has 0 bridgehead atoms. The summed E-state index contributed by atoms with van der Waals surface area (Å²) in [5.41, 5.74) is 7.12. The van der Waals surface area contributed by atoms with Crippen LogP contribution in [0.1, 0.15) is 29.0 Å². The fourth-order valence-corrected chi connectivity index (χ4v) is 4.81. The Kier molecular flexibility index (Phi) is 4.80. The van der Waals surface area contributed by atoms with Crippen LogP contribution in [0.3, 0.4) is 0 Å². The van der Waals surface area contributed by atoms with E-state index in [2.05, 4.69) is 41.2 Å². The Bertz CT molecular complexity index is 971. The van der Waals surface area contributed by atoms with Crippen molar-refractivity contribution in [3.63, 3.8) is 0 Å². The Balaban J connectivity index is 1.62. The zero-order chi connectivity index (χ0) is 19.7. The standard InChI is InChI=1S/C20H23N5O2S/c1-14-12-25-13-16(23-19(25)28-14)20(15-5-3-2-4-6-15)7-9-24(10-8-20)17(26)11-22-18(21)27/h2-6,12-13H,7-11H2,1H3,(H3,21,22,27). The Hall–Kier alpha value is -2.87. The number of imidazole rings is 1. The zero-order valence-corrected chi connectivity index (χ0v) is 16.5. The molecule has 0 saturated carbocycles. The van der Waals surface area contributed by atoms with E-state index in [4.69, 9.17) is 10.7 Å². The number of nitrogens with two attached hydrogens (primary N) is 1. The van der Waals surface area contributed by atoms with Gasteiger partial charge in [-0.15, -0.1) is 11.3 Å². The van der Waals surface area contributed by atoms with E-state index in [0.717, 1.165) is 23.5 Å². The summed E-state index contributed by atoms with van der Waals surface area (Å²) in [6.45, 7) is 3.24. The average molecular weight is 398 g/mol. The van der Waals surface area contributed by atoms with E-state index in [9.17, 15) is 9.59 Å². The summed E-state index contributed by atoms with van der Waals surface area (Å²) in [7, 11) is 0.